The van der Waals surface area contributed by atoms with Gasteiger partial charge in [0.15, 0.2) is 0 Å². The van der Waals surface area contributed by atoms with E-state index >= 15 is 0 Å². The lowest BCUT2D eigenvalue weighted by Crippen LogP contribution is -2.48. The molecule has 0 aromatic heterocycles. The number of aliphatic carboxylic acids is 1. The number of rotatable bonds is 3. The molecule has 1 N–H and O–H groups in total. The summed E-state index contributed by atoms with van der Waals surface area (Å²) in [6.45, 7) is 1.20. The number of hydrogen-bond donors (Lipinski definition) is 1. The highest BCUT2D eigenvalue weighted by molar-refractivity contribution is 5.88. The number of likely N-dealkylation sites (tertiary alicyclic amines) is 2. The standard InChI is InChI=1S/C16H24N2O4/c19-13-7-2-1-3-8-17(13)10-14(20)18-9-11-5-4-6-12(11)15(18)16(21)22/h11-12,15H,1-10H2,(H,21,22). The predicted molar refractivity (Wildman–Crippen MR) is 79.0 cm³/mol. The summed E-state index contributed by atoms with van der Waals surface area (Å²) in [5.41, 5.74) is 0. The Balaban J connectivity index is 1.68. The Morgan fingerprint density at radius 1 is 1.14 bits per heavy atom. The van der Waals surface area contributed by atoms with Crippen molar-refractivity contribution in [1.29, 1.82) is 0 Å². The minimum Gasteiger partial charge on any atom is -0.480 e. The van der Waals surface area contributed by atoms with Crippen molar-refractivity contribution >= 4 is 17.8 Å². The molecule has 0 aromatic rings. The van der Waals surface area contributed by atoms with E-state index in [1.54, 1.807) is 4.90 Å². The molecule has 0 radical (unpaired) electrons. The van der Waals surface area contributed by atoms with Gasteiger partial charge in [0.1, 0.15) is 6.04 Å². The smallest absolute Gasteiger partial charge is 0.326 e. The van der Waals surface area contributed by atoms with Crippen LogP contribution in [0.3, 0.4) is 0 Å². The number of nitrogens with zero attached hydrogens (tertiary/aromatic N) is 2. The van der Waals surface area contributed by atoms with Crippen molar-refractivity contribution in [2.24, 2.45) is 11.8 Å². The Morgan fingerprint density at radius 2 is 1.95 bits per heavy atom. The zero-order valence-electron chi connectivity index (χ0n) is 12.9. The highest BCUT2D eigenvalue weighted by atomic mass is 16.4. The van der Waals surface area contributed by atoms with Crippen LogP contribution in [0.2, 0.25) is 0 Å². The van der Waals surface area contributed by atoms with Crippen molar-refractivity contribution in [1.82, 2.24) is 9.80 Å². The number of amides is 2. The van der Waals surface area contributed by atoms with Gasteiger partial charge in [0.25, 0.3) is 0 Å². The molecule has 1 aliphatic carbocycles. The van der Waals surface area contributed by atoms with Crippen LogP contribution in [0.4, 0.5) is 0 Å². The molecule has 2 heterocycles. The third-order valence-corrected chi connectivity index (χ3v) is 5.46. The van der Waals surface area contributed by atoms with Gasteiger partial charge in [0.2, 0.25) is 11.8 Å². The molecule has 3 unspecified atom stereocenters. The van der Waals surface area contributed by atoms with Crippen LogP contribution in [0.5, 0.6) is 0 Å². The molecule has 2 aliphatic heterocycles. The van der Waals surface area contributed by atoms with Crippen LogP contribution in [-0.2, 0) is 14.4 Å². The summed E-state index contributed by atoms with van der Waals surface area (Å²) in [6.07, 6.45) is 6.30. The molecule has 0 spiro atoms. The average molecular weight is 308 g/mol. The summed E-state index contributed by atoms with van der Waals surface area (Å²) in [4.78, 5) is 39.3. The summed E-state index contributed by atoms with van der Waals surface area (Å²) in [5, 5.41) is 9.51. The molecular weight excluding hydrogens is 284 g/mol. The predicted octanol–water partition coefficient (Wildman–Crippen LogP) is 1.10. The van der Waals surface area contributed by atoms with Crippen LogP contribution >= 0.6 is 0 Å². The second-order valence-corrected chi connectivity index (χ2v) is 6.81. The molecule has 3 rings (SSSR count). The molecule has 22 heavy (non-hydrogen) atoms. The van der Waals surface area contributed by atoms with Crippen molar-refractivity contribution in [3.05, 3.63) is 0 Å². The number of carbonyl (C=O) groups is 3. The average Bonchev–Trinajstić information content (AvgIpc) is 2.99. The summed E-state index contributed by atoms with van der Waals surface area (Å²) in [7, 11) is 0. The van der Waals surface area contributed by atoms with Crippen molar-refractivity contribution < 1.29 is 19.5 Å². The van der Waals surface area contributed by atoms with E-state index in [1.165, 1.54) is 4.90 Å². The van der Waals surface area contributed by atoms with Crippen LogP contribution < -0.4 is 0 Å². The van der Waals surface area contributed by atoms with Gasteiger partial charge in [-0.3, -0.25) is 9.59 Å². The molecule has 1 saturated carbocycles. The summed E-state index contributed by atoms with van der Waals surface area (Å²) < 4.78 is 0. The minimum absolute atomic E-state index is 0.0251. The lowest BCUT2D eigenvalue weighted by molar-refractivity contribution is -0.151. The molecule has 2 amide bonds. The quantitative estimate of drug-likeness (QED) is 0.847. The van der Waals surface area contributed by atoms with Gasteiger partial charge in [-0.1, -0.05) is 12.8 Å². The van der Waals surface area contributed by atoms with Gasteiger partial charge in [-0.2, -0.15) is 0 Å². The zero-order valence-corrected chi connectivity index (χ0v) is 12.9. The Labute approximate surface area is 130 Å². The molecule has 2 saturated heterocycles. The fraction of sp³-hybridized carbons (Fsp3) is 0.812. The van der Waals surface area contributed by atoms with Crippen LogP contribution in [0, 0.1) is 11.8 Å². The molecule has 122 valence electrons. The molecule has 0 bridgehead atoms. The number of carbonyl (C=O) groups excluding carboxylic acids is 2. The first-order chi connectivity index (χ1) is 10.6. The summed E-state index contributed by atoms with van der Waals surface area (Å²) >= 11 is 0. The number of carboxylic acids is 1. The van der Waals surface area contributed by atoms with E-state index in [0.29, 0.717) is 25.4 Å². The van der Waals surface area contributed by atoms with Crippen molar-refractivity contribution in [2.75, 3.05) is 19.6 Å². The van der Waals surface area contributed by atoms with Crippen LogP contribution in [0.25, 0.3) is 0 Å². The van der Waals surface area contributed by atoms with E-state index < -0.39 is 12.0 Å². The van der Waals surface area contributed by atoms with E-state index in [9.17, 15) is 19.5 Å². The van der Waals surface area contributed by atoms with E-state index in [-0.39, 0.29) is 24.3 Å². The molecule has 6 heteroatoms. The molecule has 3 atom stereocenters. The monoisotopic (exact) mass is 308 g/mol. The minimum atomic E-state index is -0.898. The van der Waals surface area contributed by atoms with Crippen LogP contribution in [-0.4, -0.2) is 58.4 Å². The molecule has 3 aliphatic rings. The third kappa shape index (κ3) is 2.83. The van der Waals surface area contributed by atoms with Crippen molar-refractivity contribution in [3.63, 3.8) is 0 Å². The Kier molecular flexibility index (Phi) is 4.36. The summed E-state index contributed by atoms with van der Waals surface area (Å²) in [5.74, 6) is -0.648. The van der Waals surface area contributed by atoms with E-state index in [2.05, 4.69) is 0 Å². The first kappa shape index (κ1) is 15.3. The lowest BCUT2D eigenvalue weighted by atomic mass is 9.94. The van der Waals surface area contributed by atoms with Crippen LogP contribution in [0.1, 0.15) is 44.9 Å². The molecule has 0 aromatic carbocycles. The van der Waals surface area contributed by atoms with E-state index in [0.717, 1.165) is 38.5 Å². The first-order valence-electron chi connectivity index (χ1n) is 8.38. The maximum absolute atomic E-state index is 12.6. The van der Waals surface area contributed by atoms with Gasteiger partial charge in [-0.05, 0) is 37.5 Å². The fourth-order valence-electron chi connectivity index (χ4n) is 4.34. The highest BCUT2D eigenvalue weighted by Crippen LogP contribution is 2.42. The second-order valence-electron chi connectivity index (χ2n) is 6.81. The van der Waals surface area contributed by atoms with Crippen LogP contribution in [0.15, 0.2) is 0 Å². The lowest BCUT2D eigenvalue weighted by Gasteiger charge is -2.28. The highest BCUT2D eigenvalue weighted by Gasteiger charge is 2.49. The SMILES string of the molecule is O=C(O)C1C2CCCC2CN1C(=O)CN1CCCCCC1=O. The number of carboxylic acid groups (broad SMARTS) is 1. The van der Waals surface area contributed by atoms with Gasteiger partial charge in [-0.15, -0.1) is 0 Å². The first-order valence-corrected chi connectivity index (χ1v) is 8.38. The number of fused-ring (bicyclic) bond motifs is 1. The largest absolute Gasteiger partial charge is 0.480 e. The molecule has 6 nitrogen and oxygen atoms in total. The maximum Gasteiger partial charge on any atom is 0.326 e. The molecular formula is C16H24N2O4. The maximum atomic E-state index is 12.6. The Morgan fingerprint density at radius 3 is 2.73 bits per heavy atom. The topological polar surface area (TPSA) is 77.9 Å². The Bertz CT molecular complexity index is 479. The van der Waals surface area contributed by atoms with E-state index in [4.69, 9.17) is 0 Å². The summed E-state index contributed by atoms with van der Waals surface area (Å²) in [6, 6.07) is -0.693. The fourth-order valence-corrected chi connectivity index (χ4v) is 4.34. The van der Waals surface area contributed by atoms with Crippen molar-refractivity contribution in [2.45, 2.75) is 51.0 Å². The van der Waals surface area contributed by atoms with Gasteiger partial charge in [0.05, 0.1) is 6.54 Å². The normalized spacial score (nSPS) is 32.0. The zero-order chi connectivity index (χ0) is 15.7. The molecule has 3 fully saturated rings. The second kappa shape index (κ2) is 6.26. The van der Waals surface area contributed by atoms with Crippen molar-refractivity contribution in [3.8, 4) is 0 Å². The van der Waals surface area contributed by atoms with Gasteiger partial charge in [-0.25, -0.2) is 4.79 Å². The van der Waals surface area contributed by atoms with Gasteiger partial charge >= 0.3 is 5.97 Å². The van der Waals surface area contributed by atoms with E-state index in [1.807, 2.05) is 0 Å². The Hall–Kier alpha value is -1.59. The number of hydrogen-bond acceptors (Lipinski definition) is 3. The third-order valence-electron chi connectivity index (χ3n) is 5.46. The van der Waals surface area contributed by atoms with Gasteiger partial charge in [0, 0.05) is 19.5 Å². The van der Waals surface area contributed by atoms with Gasteiger partial charge < -0.3 is 14.9 Å².